The van der Waals surface area contributed by atoms with Gasteiger partial charge in [0.25, 0.3) is 5.69 Å². The van der Waals surface area contributed by atoms with Crippen LogP contribution in [0.15, 0.2) is 71.2 Å². The van der Waals surface area contributed by atoms with Crippen LogP contribution in [0, 0.1) is 21.4 Å². The van der Waals surface area contributed by atoms with E-state index in [2.05, 4.69) is 0 Å². The maximum atomic E-state index is 12.9. The summed E-state index contributed by atoms with van der Waals surface area (Å²) >= 11 is 5.92. The minimum Gasteiger partial charge on any atom is -0.466 e. The van der Waals surface area contributed by atoms with E-state index >= 15 is 0 Å². The zero-order chi connectivity index (χ0) is 24.3. The lowest BCUT2D eigenvalue weighted by atomic mass is 9.81. The van der Waals surface area contributed by atoms with Gasteiger partial charge in [0, 0.05) is 6.07 Å². The third-order valence-electron chi connectivity index (χ3n) is 4.99. The highest BCUT2D eigenvalue weighted by molar-refractivity contribution is 6.32. The van der Waals surface area contributed by atoms with Crippen LogP contribution in [0.25, 0.3) is 0 Å². The van der Waals surface area contributed by atoms with E-state index in [1.165, 1.54) is 12.1 Å². The maximum Gasteiger partial charge on any atom is 0.355 e. The smallest absolute Gasteiger partial charge is 0.355 e. The average molecular weight is 469 g/mol. The van der Waals surface area contributed by atoms with Crippen molar-refractivity contribution in [1.29, 1.82) is 5.26 Å². The Morgan fingerprint density at radius 1 is 1.15 bits per heavy atom. The predicted molar refractivity (Wildman–Crippen MR) is 118 cm³/mol. The van der Waals surface area contributed by atoms with Gasteiger partial charge in [0.2, 0.25) is 0 Å². The summed E-state index contributed by atoms with van der Waals surface area (Å²) in [5, 5.41) is 21.2. The van der Waals surface area contributed by atoms with Gasteiger partial charge in [-0.2, -0.15) is 5.26 Å². The van der Waals surface area contributed by atoms with Crippen molar-refractivity contribution in [3.8, 4) is 6.07 Å². The highest BCUT2D eigenvalue weighted by Gasteiger charge is 2.43. The maximum absolute atomic E-state index is 12.9. The fourth-order valence-corrected chi connectivity index (χ4v) is 3.75. The predicted octanol–water partition coefficient (Wildman–Crippen LogP) is 3.15. The summed E-state index contributed by atoms with van der Waals surface area (Å²) in [7, 11) is 2.22. The molecule has 0 radical (unpaired) electrons. The lowest BCUT2D eigenvalue weighted by molar-refractivity contribution is -0.384. The molecule has 2 aromatic carbocycles. The SMILES string of the molecule is COC(=O)C1=C(C(=O)OC)N(c2ccc(Cl)c([N+](=O)[O-])c2)C(N)=C(C#N)C1c1ccccc1. The fraction of sp³-hybridized carbons (Fsp3) is 0.136. The summed E-state index contributed by atoms with van der Waals surface area (Å²) in [5.41, 5.74) is 5.77. The number of esters is 2. The third-order valence-corrected chi connectivity index (χ3v) is 5.31. The number of ether oxygens (including phenoxy) is 2. The topological polar surface area (TPSA) is 149 Å². The van der Waals surface area contributed by atoms with Crippen molar-refractivity contribution in [2.75, 3.05) is 19.1 Å². The molecule has 3 rings (SSSR count). The normalized spacial score (nSPS) is 15.7. The van der Waals surface area contributed by atoms with Crippen molar-refractivity contribution in [1.82, 2.24) is 0 Å². The number of nitro groups is 1. The number of hydrogen-bond acceptors (Lipinski definition) is 9. The van der Waals surface area contributed by atoms with Gasteiger partial charge >= 0.3 is 11.9 Å². The number of allylic oxidation sites excluding steroid dienone is 1. The number of rotatable bonds is 5. The fourth-order valence-electron chi connectivity index (χ4n) is 3.56. The molecule has 168 valence electrons. The molecule has 2 N–H and O–H groups in total. The quantitative estimate of drug-likeness (QED) is 0.396. The number of nitro benzene ring substituents is 1. The van der Waals surface area contributed by atoms with E-state index in [0.29, 0.717) is 5.56 Å². The molecule has 10 nitrogen and oxygen atoms in total. The van der Waals surface area contributed by atoms with Gasteiger partial charge in [-0.15, -0.1) is 0 Å². The second-order valence-electron chi connectivity index (χ2n) is 6.73. The van der Waals surface area contributed by atoms with Crippen LogP contribution in [0.1, 0.15) is 11.5 Å². The van der Waals surface area contributed by atoms with Gasteiger partial charge in [-0.1, -0.05) is 41.9 Å². The molecular formula is C22H17ClN4O6. The molecule has 1 atom stereocenters. The first kappa shape index (κ1) is 23.3. The van der Waals surface area contributed by atoms with E-state index in [1.807, 2.05) is 6.07 Å². The molecule has 2 aromatic rings. The van der Waals surface area contributed by atoms with E-state index in [-0.39, 0.29) is 33.4 Å². The molecule has 1 unspecified atom stereocenters. The summed E-state index contributed by atoms with van der Waals surface area (Å²) in [6.07, 6.45) is 0. The number of hydrogen-bond donors (Lipinski definition) is 1. The number of nitrogens with zero attached hydrogens (tertiary/aromatic N) is 3. The molecule has 1 aliphatic rings. The Morgan fingerprint density at radius 2 is 1.79 bits per heavy atom. The molecule has 0 saturated heterocycles. The van der Waals surface area contributed by atoms with Gasteiger partial charge in [0.15, 0.2) is 0 Å². The monoisotopic (exact) mass is 468 g/mol. The first-order chi connectivity index (χ1) is 15.8. The molecule has 0 bridgehead atoms. The molecular weight excluding hydrogens is 452 g/mol. The second kappa shape index (κ2) is 9.42. The van der Waals surface area contributed by atoms with Gasteiger partial charge < -0.3 is 15.2 Å². The van der Waals surface area contributed by atoms with Crippen LogP contribution < -0.4 is 10.6 Å². The Morgan fingerprint density at radius 3 is 2.33 bits per heavy atom. The van der Waals surface area contributed by atoms with E-state index in [1.54, 1.807) is 30.3 Å². The molecule has 0 amide bonds. The highest BCUT2D eigenvalue weighted by Crippen LogP contribution is 2.44. The summed E-state index contributed by atoms with van der Waals surface area (Å²) in [6.45, 7) is 0. The molecule has 1 heterocycles. The number of carbonyl (C=O) groups excluding carboxylic acids is 2. The van der Waals surface area contributed by atoms with E-state index in [9.17, 15) is 25.0 Å². The van der Waals surface area contributed by atoms with Gasteiger partial charge in [0.05, 0.1) is 48.0 Å². The van der Waals surface area contributed by atoms with Crippen LogP contribution in [-0.2, 0) is 19.1 Å². The van der Waals surface area contributed by atoms with Crippen LogP contribution in [0.5, 0.6) is 0 Å². The zero-order valence-electron chi connectivity index (χ0n) is 17.4. The highest BCUT2D eigenvalue weighted by atomic mass is 35.5. The van der Waals surface area contributed by atoms with Gasteiger partial charge in [-0.05, 0) is 17.7 Å². The van der Waals surface area contributed by atoms with Gasteiger partial charge in [-0.3, -0.25) is 15.0 Å². The Kier molecular flexibility index (Phi) is 6.65. The number of anilines is 1. The van der Waals surface area contributed by atoms with Crippen molar-refractivity contribution >= 4 is 34.9 Å². The Bertz CT molecular complexity index is 1250. The number of nitrogens with two attached hydrogens (primary N) is 1. The third kappa shape index (κ3) is 4.09. The van der Waals surface area contributed by atoms with Crippen LogP contribution >= 0.6 is 11.6 Å². The molecule has 1 aliphatic heterocycles. The van der Waals surface area contributed by atoms with E-state index < -0.39 is 28.5 Å². The average Bonchev–Trinajstić information content (AvgIpc) is 2.83. The van der Waals surface area contributed by atoms with Crippen molar-refractivity contribution < 1.29 is 24.0 Å². The summed E-state index contributed by atoms with van der Waals surface area (Å²) in [4.78, 5) is 37.6. The van der Waals surface area contributed by atoms with Crippen LogP contribution in [0.2, 0.25) is 5.02 Å². The standard InChI is InChI=1S/C22H17ClN4O6/c1-32-21(28)18-17(12-6-4-3-5-7-12)14(11-24)20(25)26(19(18)22(29)33-2)13-8-9-15(23)16(10-13)27(30)31/h3-10,17H,25H2,1-2H3. The number of methoxy groups -OCH3 is 2. The molecule has 0 fully saturated rings. The molecule has 0 aromatic heterocycles. The van der Waals surface area contributed by atoms with E-state index in [0.717, 1.165) is 25.2 Å². The largest absolute Gasteiger partial charge is 0.466 e. The number of benzene rings is 2. The van der Waals surface area contributed by atoms with Gasteiger partial charge in [-0.25, -0.2) is 9.59 Å². The molecule has 11 heteroatoms. The zero-order valence-corrected chi connectivity index (χ0v) is 18.2. The van der Waals surface area contributed by atoms with Crippen LogP contribution in [0.4, 0.5) is 11.4 Å². The molecule has 0 spiro atoms. The minimum atomic E-state index is -1.05. The van der Waals surface area contributed by atoms with Crippen molar-refractivity contribution in [3.63, 3.8) is 0 Å². The molecule has 0 aliphatic carbocycles. The second-order valence-corrected chi connectivity index (χ2v) is 7.14. The Hall–Kier alpha value is -4.36. The number of halogens is 1. The first-order valence-electron chi connectivity index (χ1n) is 9.36. The summed E-state index contributed by atoms with van der Waals surface area (Å²) < 4.78 is 9.83. The van der Waals surface area contributed by atoms with Crippen molar-refractivity contribution in [2.24, 2.45) is 5.73 Å². The lowest BCUT2D eigenvalue weighted by Crippen LogP contribution is -2.40. The van der Waals surface area contributed by atoms with E-state index in [4.69, 9.17) is 26.8 Å². The summed E-state index contributed by atoms with van der Waals surface area (Å²) in [6, 6.07) is 14.1. The molecule has 0 saturated carbocycles. The number of carbonyl (C=O) groups is 2. The summed E-state index contributed by atoms with van der Waals surface area (Å²) in [5.74, 6) is -3.13. The number of nitriles is 1. The Balaban J connectivity index is 2.43. The van der Waals surface area contributed by atoms with Gasteiger partial charge in [0.1, 0.15) is 16.5 Å². The Labute approximate surface area is 193 Å². The van der Waals surface area contributed by atoms with Crippen molar-refractivity contribution in [2.45, 2.75) is 5.92 Å². The van der Waals surface area contributed by atoms with Crippen LogP contribution in [-0.4, -0.2) is 31.1 Å². The minimum absolute atomic E-state index is 0.0182. The lowest BCUT2D eigenvalue weighted by Gasteiger charge is -2.35. The van der Waals surface area contributed by atoms with Crippen molar-refractivity contribution in [3.05, 3.63) is 91.9 Å². The van der Waals surface area contributed by atoms with Crippen LogP contribution in [0.3, 0.4) is 0 Å². The first-order valence-corrected chi connectivity index (χ1v) is 9.74. The molecule has 33 heavy (non-hydrogen) atoms.